The molecule has 0 saturated carbocycles. The van der Waals surface area contributed by atoms with Gasteiger partial charge in [-0.15, -0.1) is 0 Å². The Morgan fingerprint density at radius 3 is 2.47 bits per heavy atom. The monoisotopic (exact) mass is 468 g/mol. The Bertz CT molecular complexity index is 1360. The summed E-state index contributed by atoms with van der Waals surface area (Å²) in [6.07, 6.45) is 3.54. The molecule has 0 saturated heterocycles. The molecular formula is C25H26F2N4O3. The van der Waals surface area contributed by atoms with Gasteiger partial charge < -0.3 is 9.84 Å². The number of aliphatic hydroxyl groups is 1. The zero-order valence-corrected chi connectivity index (χ0v) is 19.5. The Kier molecular flexibility index (Phi) is 6.22. The summed E-state index contributed by atoms with van der Waals surface area (Å²) in [4.78, 5) is 17.9. The first kappa shape index (κ1) is 23.6. The van der Waals surface area contributed by atoms with Gasteiger partial charge in [0.05, 0.1) is 23.6 Å². The number of benzene rings is 1. The van der Waals surface area contributed by atoms with Crippen LogP contribution < -0.4 is 4.74 Å². The van der Waals surface area contributed by atoms with E-state index in [2.05, 4.69) is 10.1 Å². The van der Waals surface area contributed by atoms with E-state index < -0.39 is 17.0 Å². The molecule has 1 aromatic carbocycles. The molecule has 178 valence electrons. The molecule has 0 aliphatic carbocycles. The fourth-order valence-electron chi connectivity index (χ4n) is 4.29. The highest BCUT2D eigenvalue weighted by molar-refractivity contribution is 5.97. The SMILES string of the molecule is Cc1nn(C)cc1C(C)(CO)CC(=O)c1c(C)nc2c(OCc3c(F)cccc3F)cccn12. The number of aryl methyl sites for hydroxylation is 3. The minimum Gasteiger partial charge on any atom is -0.485 e. The molecule has 7 nitrogen and oxygen atoms in total. The molecule has 9 heteroatoms. The highest BCUT2D eigenvalue weighted by Gasteiger charge is 2.34. The summed E-state index contributed by atoms with van der Waals surface area (Å²) in [6.45, 7) is 4.83. The summed E-state index contributed by atoms with van der Waals surface area (Å²) in [5.74, 6) is -1.31. The number of nitrogens with zero attached hydrogens (tertiary/aromatic N) is 4. The number of imidazole rings is 1. The van der Waals surface area contributed by atoms with Crippen LogP contribution in [0.2, 0.25) is 0 Å². The number of aromatic nitrogens is 4. The second kappa shape index (κ2) is 8.98. The summed E-state index contributed by atoms with van der Waals surface area (Å²) in [5, 5.41) is 14.5. The van der Waals surface area contributed by atoms with E-state index in [4.69, 9.17) is 4.74 Å². The van der Waals surface area contributed by atoms with Crippen molar-refractivity contribution >= 4 is 11.4 Å². The lowest BCUT2D eigenvalue weighted by Gasteiger charge is -2.26. The molecular weight excluding hydrogens is 442 g/mol. The fourth-order valence-corrected chi connectivity index (χ4v) is 4.29. The third-order valence-corrected chi connectivity index (χ3v) is 6.05. The molecule has 0 radical (unpaired) electrons. The summed E-state index contributed by atoms with van der Waals surface area (Å²) < 4.78 is 36.9. The number of pyridine rings is 1. The lowest BCUT2D eigenvalue weighted by atomic mass is 9.78. The molecule has 3 heterocycles. The lowest BCUT2D eigenvalue weighted by Crippen LogP contribution is -2.31. The third-order valence-electron chi connectivity index (χ3n) is 6.05. The van der Waals surface area contributed by atoms with Crippen LogP contribution in [0.4, 0.5) is 8.78 Å². The van der Waals surface area contributed by atoms with Gasteiger partial charge >= 0.3 is 0 Å². The maximum absolute atomic E-state index is 14.0. The van der Waals surface area contributed by atoms with Gasteiger partial charge in [-0.1, -0.05) is 13.0 Å². The molecule has 1 atom stereocenters. The van der Waals surface area contributed by atoms with Crippen LogP contribution in [-0.4, -0.2) is 36.7 Å². The lowest BCUT2D eigenvalue weighted by molar-refractivity contribution is 0.0912. The van der Waals surface area contributed by atoms with Crippen LogP contribution in [0.3, 0.4) is 0 Å². The van der Waals surface area contributed by atoms with Crippen molar-refractivity contribution in [3.05, 3.63) is 82.6 Å². The Balaban J connectivity index is 1.65. The van der Waals surface area contributed by atoms with Crippen LogP contribution in [-0.2, 0) is 19.1 Å². The molecule has 34 heavy (non-hydrogen) atoms. The van der Waals surface area contributed by atoms with E-state index in [1.165, 1.54) is 18.2 Å². The molecule has 3 aromatic heterocycles. The second-order valence-electron chi connectivity index (χ2n) is 8.72. The normalized spacial score (nSPS) is 13.3. The number of rotatable bonds is 8. The maximum atomic E-state index is 14.0. The summed E-state index contributed by atoms with van der Waals surface area (Å²) >= 11 is 0. The molecule has 0 fully saturated rings. The first-order valence-electron chi connectivity index (χ1n) is 10.8. The number of hydrogen-bond acceptors (Lipinski definition) is 5. The number of ether oxygens (including phenoxy) is 1. The predicted molar refractivity (Wildman–Crippen MR) is 122 cm³/mol. The number of carbonyl (C=O) groups is 1. The minimum atomic E-state index is -0.831. The number of fused-ring (bicyclic) bond motifs is 1. The average molecular weight is 469 g/mol. The maximum Gasteiger partial charge on any atom is 0.182 e. The first-order valence-corrected chi connectivity index (χ1v) is 10.8. The van der Waals surface area contributed by atoms with Gasteiger partial charge in [-0.25, -0.2) is 13.8 Å². The summed E-state index contributed by atoms with van der Waals surface area (Å²) in [7, 11) is 1.79. The number of carbonyl (C=O) groups excluding carboxylic acids is 1. The molecule has 0 aliphatic heterocycles. The standard InChI is InChI=1S/C25H26F2N4O3/c1-15-18(12-30(4)29-15)25(3,14-32)11-21(33)23-16(2)28-24-22(9-6-10-31(23)24)34-13-17-19(26)7-5-8-20(17)27/h5-10,12,32H,11,13-14H2,1-4H3. The largest absolute Gasteiger partial charge is 0.485 e. The van der Waals surface area contributed by atoms with Crippen LogP contribution >= 0.6 is 0 Å². The van der Waals surface area contributed by atoms with Gasteiger partial charge in [0, 0.05) is 36.8 Å². The van der Waals surface area contributed by atoms with Gasteiger partial charge in [-0.05, 0) is 38.1 Å². The van der Waals surface area contributed by atoms with E-state index in [-0.39, 0.29) is 31.0 Å². The van der Waals surface area contributed by atoms with Crippen molar-refractivity contribution in [2.45, 2.75) is 39.2 Å². The van der Waals surface area contributed by atoms with Crippen molar-refractivity contribution in [1.82, 2.24) is 19.2 Å². The van der Waals surface area contributed by atoms with E-state index in [0.717, 1.165) is 11.3 Å². The molecule has 1 unspecified atom stereocenters. The molecule has 0 aliphatic rings. The van der Waals surface area contributed by atoms with Gasteiger partial charge in [0.2, 0.25) is 0 Å². The number of aliphatic hydroxyl groups excluding tert-OH is 1. The van der Waals surface area contributed by atoms with Crippen LogP contribution in [0.5, 0.6) is 5.75 Å². The van der Waals surface area contributed by atoms with Crippen LogP contribution in [0.15, 0.2) is 42.7 Å². The summed E-state index contributed by atoms with van der Waals surface area (Å²) in [5.41, 5.74) is 1.74. The fraction of sp³-hybridized carbons (Fsp3) is 0.320. The summed E-state index contributed by atoms with van der Waals surface area (Å²) in [6, 6.07) is 6.93. The number of ketones is 1. The Labute approximate surface area is 195 Å². The predicted octanol–water partition coefficient (Wildman–Crippen LogP) is 4.06. The molecule has 0 amide bonds. The Morgan fingerprint density at radius 1 is 1.15 bits per heavy atom. The quantitative estimate of drug-likeness (QED) is 0.395. The van der Waals surface area contributed by atoms with Gasteiger partial charge in [-0.3, -0.25) is 13.9 Å². The van der Waals surface area contributed by atoms with Crippen molar-refractivity contribution in [2.75, 3.05) is 6.61 Å². The van der Waals surface area contributed by atoms with Crippen LogP contribution in [0.25, 0.3) is 5.65 Å². The van der Waals surface area contributed by atoms with Crippen molar-refractivity contribution in [3.8, 4) is 5.75 Å². The number of Topliss-reactive ketones (excluding diaryl/α,β-unsaturated/α-hetero) is 1. The smallest absolute Gasteiger partial charge is 0.182 e. The highest BCUT2D eigenvalue weighted by atomic mass is 19.1. The van der Waals surface area contributed by atoms with Crippen molar-refractivity contribution in [3.63, 3.8) is 0 Å². The topological polar surface area (TPSA) is 81.6 Å². The zero-order chi connectivity index (χ0) is 24.6. The second-order valence-corrected chi connectivity index (χ2v) is 8.72. The van der Waals surface area contributed by atoms with E-state index in [1.54, 1.807) is 41.4 Å². The number of halogens is 2. The van der Waals surface area contributed by atoms with E-state index in [9.17, 15) is 18.7 Å². The number of hydrogen-bond donors (Lipinski definition) is 1. The molecule has 0 bridgehead atoms. The van der Waals surface area contributed by atoms with E-state index >= 15 is 0 Å². The average Bonchev–Trinajstić information content (AvgIpc) is 3.31. The van der Waals surface area contributed by atoms with Gasteiger partial charge in [-0.2, -0.15) is 5.10 Å². The van der Waals surface area contributed by atoms with Crippen LogP contribution in [0, 0.1) is 25.5 Å². The third kappa shape index (κ3) is 4.19. The van der Waals surface area contributed by atoms with Gasteiger partial charge in [0.15, 0.2) is 17.2 Å². The first-order chi connectivity index (χ1) is 16.1. The van der Waals surface area contributed by atoms with Crippen LogP contribution in [0.1, 0.15) is 46.3 Å². The zero-order valence-electron chi connectivity index (χ0n) is 19.5. The Hall–Kier alpha value is -3.59. The minimum absolute atomic E-state index is 0.0379. The van der Waals surface area contributed by atoms with Crippen molar-refractivity contribution in [2.24, 2.45) is 7.05 Å². The molecule has 4 rings (SSSR count). The van der Waals surface area contributed by atoms with E-state index in [1.807, 2.05) is 20.0 Å². The van der Waals surface area contributed by atoms with Crippen molar-refractivity contribution in [1.29, 1.82) is 0 Å². The van der Waals surface area contributed by atoms with Gasteiger partial charge in [0.1, 0.15) is 23.9 Å². The highest BCUT2D eigenvalue weighted by Crippen LogP contribution is 2.32. The van der Waals surface area contributed by atoms with E-state index in [0.29, 0.717) is 22.8 Å². The Morgan fingerprint density at radius 2 is 1.85 bits per heavy atom. The molecule has 0 spiro atoms. The van der Waals surface area contributed by atoms with Crippen molar-refractivity contribution < 1.29 is 23.4 Å². The van der Waals surface area contributed by atoms with Gasteiger partial charge in [0.25, 0.3) is 0 Å². The molecule has 4 aromatic rings. The molecule has 1 N–H and O–H groups in total.